The van der Waals surface area contributed by atoms with Gasteiger partial charge in [-0.3, -0.25) is 19.2 Å². The minimum Gasteiger partial charge on any atom is -0.458 e. The first-order valence-electron chi connectivity index (χ1n) is 10.6. The third-order valence-electron chi connectivity index (χ3n) is 8.46. The van der Waals surface area contributed by atoms with Crippen LogP contribution in [-0.2, 0) is 23.9 Å². The Bertz CT molecular complexity index is 780. The molecular weight excluding hydrogens is 356 g/mol. The lowest BCUT2D eigenvalue weighted by molar-refractivity contribution is -0.153. The molecule has 0 radical (unpaired) electrons. The van der Waals surface area contributed by atoms with Gasteiger partial charge in [-0.1, -0.05) is 19.4 Å². The molecule has 0 saturated heterocycles. The summed E-state index contributed by atoms with van der Waals surface area (Å²) in [7, 11) is 0. The number of ketones is 3. The number of carbonyl (C=O) groups excluding carboxylic acids is 4. The van der Waals surface area contributed by atoms with Crippen LogP contribution in [0.4, 0.5) is 0 Å². The maximum atomic E-state index is 13.4. The molecule has 3 saturated carbocycles. The number of hydrogen-bond donors (Lipinski definition) is 0. The Labute approximate surface area is 166 Å². The summed E-state index contributed by atoms with van der Waals surface area (Å²) in [6, 6.07) is 0. The van der Waals surface area contributed by atoms with Gasteiger partial charge in [-0.25, -0.2) is 0 Å². The molecular formula is C23H30O5. The van der Waals surface area contributed by atoms with Gasteiger partial charge < -0.3 is 4.74 Å². The summed E-state index contributed by atoms with van der Waals surface area (Å²) in [6.45, 7) is 5.41. The molecule has 4 aliphatic rings. The van der Waals surface area contributed by atoms with Crippen LogP contribution >= 0.6 is 0 Å². The van der Waals surface area contributed by atoms with Crippen LogP contribution in [0.1, 0.15) is 65.7 Å². The number of esters is 1. The molecule has 0 aromatic rings. The van der Waals surface area contributed by atoms with Gasteiger partial charge in [0.15, 0.2) is 11.6 Å². The van der Waals surface area contributed by atoms with Gasteiger partial charge in [0, 0.05) is 31.6 Å². The second kappa shape index (κ2) is 6.64. The number of hydrogen-bond acceptors (Lipinski definition) is 5. The topological polar surface area (TPSA) is 77.5 Å². The molecule has 152 valence electrons. The SMILES string of the molecule is CC(=O)OCC(=O)[C@H]1CC[C@H]2[C@@H]3CCC4=CC(=O)CC[C@@]4(C)[C@H]3C(=O)C[C@]12C. The molecule has 3 fully saturated rings. The van der Waals surface area contributed by atoms with Gasteiger partial charge >= 0.3 is 5.97 Å². The van der Waals surface area contributed by atoms with Crippen molar-refractivity contribution in [1.29, 1.82) is 0 Å². The zero-order valence-corrected chi connectivity index (χ0v) is 17.1. The third-order valence-corrected chi connectivity index (χ3v) is 8.46. The van der Waals surface area contributed by atoms with Crippen LogP contribution in [0.5, 0.6) is 0 Å². The van der Waals surface area contributed by atoms with Crippen molar-refractivity contribution >= 4 is 23.3 Å². The standard InChI is InChI=1S/C23H30O5/c1-13(24)28-12-20(27)18-7-6-17-16-5-4-14-10-15(25)8-9-22(14,2)21(16)19(26)11-23(17,18)3/h10,16-18,21H,4-9,11-12H2,1-3H3/t16-,17-,18+,21+,22+,23-/m0/s1. The van der Waals surface area contributed by atoms with E-state index in [1.54, 1.807) is 6.08 Å². The van der Waals surface area contributed by atoms with Gasteiger partial charge in [-0.2, -0.15) is 0 Å². The quantitative estimate of drug-likeness (QED) is 0.694. The van der Waals surface area contributed by atoms with E-state index in [0.29, 0.717) is 18.8 Å². The fourth-order valence-electron chi connectivity index (χ4n) is 7.19. The summed E-state index contributed by atoms with van der Waals surface area (Å²) in [4.78, 5) is 49.2. The Morgan fingerprint density at radius 3 is 2.61 bits per heavy atom. The number of carbonyl (C=O) groups is 4. The van der Waals surface area contributed by atoms with Crippen molar-refractivity contribution in [3.63, 3.8) is 0 Å². The lowest BCUT2D eigenvalue weighted by Crippen LogP contribution is -2.55. The van der Waals surface area contributed by atoms with Crippen molar-refractivity contribution in [3.05, 3.63) is 11.6 Å². The smallest absolute Gasteiger partial charge is 0.303 e. The van der Waals surface area contributed by atoms with E-state index < -0.39 is 5.97 Å². The van der Waals surface area contributed by atoms with E-state index in [-0.39, 0.29) is 52.5 Å². The molecule has 4 aliphatic carbocycles. The first-order chi connectivity index (χ1) is 13.2. The highest BCUT2D eigenvalue weighted by atomic mass is 16.5. The van der Waals surface area contributed by atoms with Crippen LogP contribution < -0.4 is 0 Å². The molecule has 0 bridgehead atoms. The van der Waals surface area contributed by atoms with Gasteiger partial charge in [-0.15, -0.1) is 0 Å². The summed E-state index contributed by atoms with van der Waals surface area (Å²) < 4.78 is 4.96. The first-order valence-corrected chi connectivity index (χ1v) is 10.6. The number of Topliss-reactive ketones (excluding diaryl/α,β-unsaturated/α-hetero) is 2. The number of allylic oxidation sites excluding steroid dienone is 1. The van der Waals surface area contributed by atoms with Gasteiger partial charge in [0.2, 0.25) is 0 Å². The van der Waals surface area contributed by atoms with Crippen LogP contribution in [0.2, 0.25) is 0 Å². The molecule has 5 heteroatoms. The van der Waals surface area contributed by atoms with Crippen LogP contribution in [0, 0.1) is 34.5 Å². The largest absolute Gasteiger partial charge is 0.458 e. The first kappa shape index (κ1) is 19.5. The van der Waals surface area contributed by atoms with E-state index in [0.717, 1.165) is 32.1 Å². The molecule has 0 aliphatic heterocycles. The molecule has 0 amide bonds. The van der Waals surface area contributed by atoms with E-state index in [1.165, 1.54) is 12.5 Å². The maximum Gasteiger partial charge on any atom is 0.303 e. The summed E-state index contributed by atoms with van der Waals surface area (Å²) in [5.41, 5.74) is 0.634. The van der Waals surface area contributed by atoms with Crippen LogP contribution in [-0.4, -0.2) is 29.9 Å². The van der Waals surface area contributed by atoms with Gasteiger partial charge in [0.1, 0.15) is 12.4 Å². The number of fused-ring (bicyclic) bond motifs is 5. The Hall–Kier alpha value is -1.78. The zero-order valence-electron chi connectivity index (χ0n) is 17.1. The van der Waals surface area contributed by atoms with Crippen molar-refractivity contribution in [1.82, 2.24) is 0 Å². The van der Waals surface area contributed by atoms with E-state index in [4.69, 9.17) is 4.74 Å². The van der Waals surface area contributed by atoms with Crippen molar-refractivity contribution < 1.29 is 23.9 Å². The molecule has 28 heavy (non-hydrogen) atoms. The van der Waals surface area contributed by atoms with Crippen molar-refractivity contribution in [2.75, 3.05) is 6.61 Å². The fourth-order valence-corrected chi connectivity index (χ4v) is 7.19. The van der Waals surface area contributed by atoms with Crippen LogP contribution in [0.3, 0.4) is 0 Å². The molecule has 0 aromatic heterocycles. The summed E-state index contributed by atoms with van der Waals surface area (Å²) >= 11 is 0. The predicted molar refractivity (Wildman–Crippen MR) is 102 cm³/mol. The molecule has 0 N–H and O–H groups in total. The Morgan fingerprint density at radius 2 is 1.89 bits per heavy atom. The molecule has 6 atom stereocenters. The normalized spacial score (nSPS) is 42.2. The van der Waals surface area contributed by atoms with Crippen molar-refractivity contribution in [2.45, 2.75) is 65.7 Å². The second-order valence-electron chi connectivity index (χ2n) is 9.87. The van der Waals surface area contributed by atoms with E-state index in [2.05, 4.69) is 13.8 Å². The molecule has 0 aromatic carbocycles. The monoisotopic (exact) mass is 386 g/mol. The molecule has 0 spiro atoms. The summed E-state index contributed by atoms with van der Waals surface area (Å²) in [5, 5.41) is 0. The lowest BCUT2D eigenvalue weighted by Gasteiger charge is -2.56. The Morgan fingerprint density at radius 1 is 1.14 bits per heavy atom. The number of ether oxygens (including phenoxy) is 1. The average Bonchev–Trinajstić information content (AvgIpc) is 2.96. The van der Waals surface area contributed by atoms with Crippen LogP contribution in [0.15, 0.2) is 11.6 Å². The number of rotatable bonds is 3. The maximum absolute atomic E-state index is 13.4. The summed E-state index contributed by atoms with van der Waals surface area (Å²) in [5.74, 6) is 0.358. The average molecular weight is 386 g/mol. The highest BCUT2D eigenvalue weighted by Gasteiger charge is 2.63. The van der Waals surface area contributed by atoms with E-state index in [1.807, 2.05) is 0 Å². The van der Waals surface area contributed by atoms with Crippen molar-refractivity contribution in [2.24, 2.45) is 34.5 Å². The molecule has 0 unspecified atom stereocenters. The summed E-state index contributed by atoms with van der Waals surface area (Å²) in [6.07, 6.45) is 7.06. The Balaban J connectivity index is 1.62. The second-order valence-corrected chi connectivity index (χ2v) is 9.87. The lowest BCUT2D eigenvalue weighted by atomic mass is 9.46. The highest BCUT2D eigenvalue weighted by Crippen LogP contribution is 2.65. The van der Waals surface area contributed by atoms with Crippen molar-refractivity contribution in [3.8, 4) is 0 Å². The predicted octanol–water partition coefficient (Wildman–Crippen LogP) is 3.45. The fraction of sp³-hybridized carbons (Fsp3) is 0.739. The minimum absolute atomic E-state index is 0.0269. The van der Waals surface area contributed by atoms with Gasteiger partial charge in [0.25, 0.3) is 0 Å². The Kier molecular flexibility index (Phi) is 4.63. The van der Waals surface area contributed by atoms with Gasteiger partial charge in [0.05, 0.1) is 0 Å². The zero-order chi connectivity index (χ0) is 20.3. The highest BCUT2D eigenvalue weighted by molar-refractivity contribution is 5.93. The minimum atomic E-state index is -0.445. The molecule has 0 heterocycles. The van der Waals surface area contributed by atoms with E-state index >= 15 is 0 Å². The van der Waals surface area contributed by atoms with Gasteiger partial charge in [-0.05, 0) is 60.8 Å². The van der Waals surface area contributed by atoms with Crippen LogP contribution in [0.25, 0.3) is 0 Å². The third kappa shape index (κ3) is 2.81. The molecule has 4 rings (SSSR count). The van der Waals surface area contributed by atoms with E-state index in [9.17, 15) is 19.2 Å². The molecule has 5 nitrogen and oxygen atoms in total.